The lowest BCUT2D eigenvalue weighted by molar-refractivity contribution is 0.496. The van der Waals surface area contributed by atoms with E-state index < -0.39 is 0 Å². The summed E-state index contributed by atoms with van der Waals surface area (Å²) in [5.74, 6) is 1.30. The molecular formula is C12H18. The van der Waals surface area contributed by atoms with Crippen LogP contribution in [0.25, 0.3) is 0 Å². The summed E-state index contributed by atoms with van der Waals surface area (Å²) in [6.07, 6.45) is 7.80. The largest absolute Gasteiger partial charge is 0.103 e. The molecule has 0 fully saturated rings. The lowest BCUT2D eigenvalue weighted by atomic mass is 9.82. The third kappa shape index (κ3) is 1.88. The first-order valence-electron chi connectivity index (χ1n) is 4.62. The minimum atomic E-state index is 0.639. The van der Waals surface area contributed by atoms with Crippen molar-refractivity contribution in [3.8, 4) is 0 Å². The third-order valence-corrected chi connectivity index (χ3v) is 2.68. The molecule has 0 aromatic carbocycles. The summed E-state index contributed by atoms with van der Waals surface area (Å²) in [7, 11) is 0. The van der Waals surface area contributed by atoms with Gasteiger partial charge in [0.15, 0.2) is 0 Å². The van der Waals surface area contributed by atoms with Gasteiger partial charge in [0.2, 0.25) is 0 Å². The fourth-order valence-electron chi connectivity index (χ4n) is 1.59. The molecular weight excluding hydrogens is 144 g/mol. The Balaban J connectivity index is 2.85. The molecule has 0 saturated heterocycles. The van der Waals surface area contributed by atoms with Crippen molar-refractivity contribution in [2.45, 2.75) is 27.2 Å². The topological polar surface area (TPSA) is 0 Å². The molecule has 0 heterocycles. The molecule has 0 nitrogen and oxygen atoms in total. The van der Waals surface area contributed by atoms with Crippen LogP contribution in [-0.4, -0.2) is 0 Å². The lowest BCUT2D eigenvalue weighted by Gasteiger charge is -2.23. The molecule has 0 aromatic heterocycles. The summed E-state index contributed by atoms with van der Waals surface area (Å²) in [4.78, 5) is 0. The van der Waals surface area contributed by atoms with Crippen molar-refractivity contribution < 1.29 is 0 Å². The van der Waals surface area contributed by atoms with Crippen molar-refractivity contribution in [2.24, 2.45) is 11.8 Å². The van der Waals surface area contributed by atoms with E-state index in [-0.39, 0.29) is 0 Å². The molecule has 0 saturated carbocycles. The van der Waals surface area contributed by atoms with Gasteiger partial charge in [0.05, 0.1) is 0 Å². The Morgan fingerprint density at radius 3 is 2.75 bits per heavy atom. The van der Waals surface area contributed by atoms with Gasteiger partial charge in [0, 0.05) is 0 Å². The van der Waals surface area contributed by atoms with E-state index in [1.54, 1.807) is 0 Å². The molecule has 0 heteroatoms. The van der Waals surface area contributed by atoms with Crippen molar-refractivity contribution in [3.05, 3.63) is 36.0 Å². The summed E-state index contributed by atoms with van der Waals surface area (Å²) in [6.45, 7) is 10.5. The van der Waals surface area contributed by atoms with Crippen LogP contribution in [0.15, 0.2) is 36.0 Å². The van der Waals surface area contributed by atoms with E-state index in [1.165, 1.54) is 17.6 Å². The molecule has 0 aliphatic heterocycles. The van der Waals surface area contributed by atoms with Crippen molar-refractivity contribution in [1.29, 1.82) is 0 Å². The average molecular weight is 162 g/mol. The minimum absolute atomic E-state index is 0.639. The average Bonchev–Trinajstić information content (AvgIpc) is 2.05. The summed E-state index contributed by atoms with van der Waals surface area (Å²) in [5.41, 5.74) is 2.92. The lowest BCUT2D eigenvalue weighted by Crippen LogP contribution is -2.11. The van der Waals surface area contributed by atoms with E-state index in [4.69, 9.17) is 0 Å². The van der Waals surface area contributed by atoms with Crippen molar-refractivity contribution in [2.75, 3.05) is 0 Å². The summed E-state index contributed by atoms with van der Waals surface area (Å²) in [5, 5.41) is 0. The van der Waals surface area contributed by atoms with Crippen molar-refractivity contribution >= 4 is 0 Å². The maximum atomic E-state index is 3.87. The molecule has 0 spiro atoms. The van der Waals surface area contributed by atoms with Crippen molar-refractivity contribution in [1.82, 2.24) is 0 Å². The molecule has 2 unspecified atom stereocenters. The summed E-state index contributed by atoms with van der Waals surface area (Å²) < 4.78 is 0. The van der Waals surface area contributed by atoms with E-state index >= 15 is 0 Å². The molecule has 0 aromatic rings. The molecule has 12 heavy (non-hydrogen) atoms. The van der Waals surface area contributed by atoms with Gasteiger partial charge in [-0.15, -0.1) is 6.58 Å². The second-order valence-electron chi connectivity index (χ2n) is 3.85. The highest BCUT2D eigenvalue weighted by molar-refractivity contribution is 5.28. The van der Waals surface area contributed by atoms with Gasteiger partial charge in [-0.3, -0.25) is 0 Å². The van der Waals surface area contributed by atoms with E-state index in [1.807, 2.05) is 0 Å². The number of hydrogen-bond acceptors (Lipinski definition) is 0. The van der Waals surface area contributed by atoms with Crippen LogP contribution >= 0.6 is 0 Å². The molecule has 66 valence electrons. The van der Waals surface area contributed by atoms with Crippen molar-refractivity contribution in [3.63, 3.8) is 0 Å². The van der Waals surface area contributed by atoms with Gasteiger partial charge in [0.1, 0.15) is 0 Å². The standard InChI is InChI=1S/C12H18/c1-5-11-8-12(9(2)3)7-6-10(11)4/h5-7,10-11H,1,8H2,2-4H3. The predicted molar refractivity (Wildman–Crippen MR) is 55.0 cm³/mol. The first kappa shape index (κ1) is 9.31. The highest BCUT2D eigenvalue weighted by atomic mass is 14.2. The highest BCUT2D eigenvalue weighted by Gasteiger charge is 2.16. The second-order valence-corrected chi connectivity index (χ2v) is 3.85. The van der Waals surface area contributed by atoms with E-state index in [9.17, 15) is 0 Å². The van der Waals surface area contributed by atoms with E-state index in [2.05, 4.69) is 45.6 Å². The first-order valence-corrected chi connectivity index (χ1v) is 4.62. The fraction of sp³-hybridized carbons (Fsp3) is 0.500. The van der Waals surface area contributed by atoms with Gasteiger partial charge in [-0.2, -0.15) is 0 Å². The molecule has 1 aliphatic carbocycles. The zero-order valence-electron chi connectivity index (χ0n) is 8.30. The fourth-order valence-corrected chi connectivity index (χ4v) is 1.59. The minimum Gasteiger partial charge on any atom is -0.103 e. The zero-order valence-corrected chi connectivity index (χ0v) is 8.30. The number of allylic oxidation sites excluding steroid dienone is 5. The van der Waals surface area contributed by atoms with Crippen LogP contribution in [0.5, 0.6) is 0 Å². The maximum absolute atomic E-state index is 3.87. The SMILES string of the molecule is C=CC1CC(=C(C)C)C=CC1C. The van der Waals surface area contributed by atoms with Gasteiger partial charge >= 0.3 is 0 Å². The monoisotopic (exact) mass is 162 g/mol. The predicted octanol–water partition coefficient (Wildman–Crippen LogP) is 3.72. The first-order chi connectivity index (χ1) is 5.65. The Morgan fingerprint density at radius 2 is 2.25 bits per heavy atom. The summed E-state index contributed by atoms with van der Waals surface area (Å²) in [6, 6.07) is 0. The Bertz CT molecular complexity index is 226. The van der Waals surface area contributed by atoms with Crippen LogP contribution in [0.2, 0.25) is 0 Å². The number of hydrogen-bond donors (Lipinski definition) is 0. The molecule has 2 atom stereocenters. The van der Waals surface area contributed by atoms with Gasteiger partial charge in [-0.1, -0.05) is 30.7 Å². The van der Waals surface area contributed by atoms with Crippen LogP contribution in [0, 0.1) is 11.8 Å². The molecule has 0 N–H and O–H groups in total. The Labute approximate surface area is 75.7 Å². The summed E-state index contributed by atoms with van der Waals surface area (Å²) >= 11 is 0. The quantitative estimate of drug-likeness (QED) is 0.515. The Morgan fingerprint density at radius 1 is 1.58 bits per heavy atom. The number of rotatable bonds is 1. The third-order valence-electron chi connectivity index (χ3n) is 2.68. The van der Waals surface area contributed by atoms with Crippen LogP contribution in [-0.2, 0) is 0 Å². The van der Waals surface area contributed by atoms with Gasteiger partial charge in [0.25, 0.3) is 0 Å². The van der Waals surface area contributed by atoms with Gasteiger partial charge in [-0.05, 0) is 37.7 Å². The van der Waals surface area contributed by atoms with Crippen LogP contribution in [0.1, 0.15) is 27.2 Å². The Hall–Kier alpha value is -0.780. The molecule has 0 bridgehead atoms. The Kier molecular flexibility index (Phi) is 2.91. The molecule has 1 aliphatic rings. The molecule has 0 amide bonds. The molecule has 1 rings (SSSR count). The highest BCUT2D eigenvalue weighted by Crippen LogP contribution is 2.29. The van der Waals surface area contributed by atoms with E-state index in [0.29, 0.717) is 11.8 Å². The van der Waals surface area contributed by atoms with Gasteiger partial charge < -0.3 is 0 Å². The maximum Gasteiger partial charge on any atom is -0.0135 e. The molecule has 0 radical (unpaired) electrons. The van der Waals surface area contributed by atoms with Gasteiger partial charge in [-0.25, -0.2) is 0 Å². The van der Waals surface area contributed by atoms with E-state index in [0.717, 1.165) is 0 Å². The van der Waals surface area contributed by atoms with Crippen LogP contribution < -0.4 is 0 Å². The zero-order chi connectivity index (χ0) is 9.14. The normalized spacial score (nSPS) is 28.8. The smallest absolute Gasteiger partial charge is 0.0135 e. The van der Waals surface area contributed by atoms with Crippen LogP contribution in [0.4, 0.5) is 0 Å². The second kappa shape index (κ2) is 3.75. The van der Waals surface area contributed by atoms with Crippen LogP contribution in [0.3, 0.4) is 0 Å².